The van der Waals surface area contributed by atoms with Crippen LogP contribution in [0.2, 0.25) is 10.0 Å². The summed E-state index contributed by atoms with van der Waals surface area (Å²) in [5.41, 5.74) is 0.589. The lowest BCUT2D eigenvalue weighted by Crippen LogP contribution is -2.54. The van der Waals surface area contributed by atoms with Gasteiger partial charge >= 0.3 is 0 Å². The van der Waals surface area contributed by atoms with Crippen LogP contribution in [0.25, 0.3) is 6.08 Å². The molecule has 9 nitrogen and oxygen atoms in total. The van der Waals surface area contributed by atoms with Crippen molar-refractivity contribution in [2.75, 3.05) is 6.54 Å². The SMILES string of the molecule is O=C(/C=C/c1ccc(Cl)cc1Cl)N[C@@H](CC1CC1)C(=O)NC(C[C@@H]1CCNC1=O)C(=O)C(=O)NC1CC1. The molecule has 1 saturated heterocycles. The summed E-state index contributed by atoms with van der Waals surface area (Å²) < 4.78 is 0. The second-order valence-corrected chi connectivity index (χ2v) is 10.8. The van der Waals surface area contributed by atoms with Gasteiger partial charge in [-0.25, -0.2) is 0 Å². The number of Topliss-reactive ketones (excluding diaryl/α,β-unsaturated/α-hetero) is 1. The molecule has 2 saturated carbocycles. The van der Waals surface area contributed by atoms with Gasteiger partial charge in [-0.2, -0.15) is 0 Å². The van der Waals surface area contributed by atoms with Gasteiger partial charge in [0, 0.05) is 34.6 Å². The maximum atomic E-state index is 13.3. The van der Waals surface area contributed by atoms with E-state index >= 15 is 0 Å². The fourth-order valence-corrected chi connectivity index (χ4v) is 4.71. The highest BCUT2D eigenvalue weighted by Gasteiger charge is 2.38. The van der Waals surface area contributed by atoms with Crippen molar-refractivity contribution in [1.29, 1.82) is 0 Å². The fourth-order valence-electron chi connectivity index (χ4n) is 4.24. The number of nitrogens with one attached hydrogen (secondary N) is 4. The molecule has 198 valence electrons. The number of ketones is 1. The van der Waals surface area contributed by atoms with Crippen LogP contribution in [0.4, 0.5) is 0 Å². The van der Waals surface area contributed by atoms with E-state index < -0.39 is 41.5 Å². The molecule has 4 N–H and O–H groups in total. The van der Waals surface area contributed by atoms with Crippen LogP contribution < -0.4 is 21.3 Å². The molecule has 1 aromatic rings. The van der Waals surface area contributed by atoms with Crippen LogP contribution in [0.15, 0.2) is 24.3 Å². The van der Waals surface area contributed by atoms with Crippen molar-refractivity contribution in [2.45, 2.75) is 63.1 Å². The fraction of sp³-hybridized carbons (Fsp3) is 0.500. The van der Waals surface area contributed by atoms with Gasteiger partial charge < -0.3 is 21.3 Å². The van der Waals surface area contributed by atoms with Gasteiger partial charge in [0.15, 0.2) is 0 Å². The molecular formula is C26H30Cl2N4O5. The van der Waals surface area contributed by atoms with Crippen LogP contribution in [-0.4, -0.2) is 54.1 Å². The smallest absolute Gasteiger partial charge is 0.289 e. The van der Waals surface area contributed by atoms with Gasteiger partial charge in [-0.3, -0.25) is 24.0 Å². The molecule has 4 rings (SSSR count). The quantitative estimate of drug-likeness (QED) is 0.234. The average Bonchev–Trinajstić information content (AvgIpc) is 3.78. The Morgan fingerprint density at radius 3 is 2.38 bits per heavy atom. The van der Waals surface area contributed by atoms with Gasteiger partial charge in [-0.1, -0.05) is 42.1 Å². The predicted molar refractivity (Wildman–Crippen MR) is 139 cm³/mol. The topological polar surface area (TPSA) is 133 Å². The Balaban J connectivity index is 1.43. The Kier molecular flexibility index (Phi) is 8.87. The summed E-state index contributed by atoms with van der Waals surface area (Å²) in [7, 11) is 0. The van der Waals surface area contributed by atoms with Crippen LogP contribution in [0.3, 0.4) is 0 Å². The summed E-state index contributed by atoms with van der Waals surface area (Å²) in [6.07, 6.45) is 7.26. The van der Waals surface area contributed by atoms with Crippen molar-refractivity contribution in [1.82, 2.24) is 21.3 Å². The highest BCUT2D eigenvalue weighted by atomic mass is 35.5. The second-order valence-electron chi connectivity index (χ2n) is 9.92. The summed E-state index contributed by atoms with van der Waals surface area (Å²) in [4.78, 5) is 63.5. The van der Waals surface area contributed by atoms with Crippen LogP contribution >= 0.6 is 23.2 Å². The lowest BCUT2D eigenvalue weighted by Gasteiger charge is -2.23. The number of carbonyl (C=O) groups excluding carboxylic acids is 5. The van der Waals surface area contributed by atoms with Crippen molar-refractivity contribution in [3.63, 3.8) is 0 Å². The maximum absolute atomic E-state index is 13.3. The van der Waals surface area contributed by atoms with Crippen molar-refractivity contribution in [3.8, 4) is 0 Å². The number of amides is 4. The minimum Gasteiger partial charge on any atom is -0.356 e. The highest BCUT2D eigenvalue weighted by Crippen LogP contribution is 2.33. The molecule has 3 fully saturated rings. The van der Waals surface area contributed by atoms with E-state index in [1.165, 1.54) is 12.2 Å². The van der Waals surface area contributed by atoms with Gasteiger partial charge in [-0.15, -0.1) is 0 Å². The summed E-state index contributed by atoms with van der Waals surface area (Å²) in [6, 6.07) is 2.79. The third-order valence-electron chi connectivity index (χ3n) is 6.73. The number of halogens is 2. The molecule has 2 aliphatic carbocycles. The zero-order chi connectivity index (χ0) is 26.5. The predicted octanol–water partition coefficient (Wildman–Crippen LogP) is 2.15. The van der Waals surface area contributed by atoms with Gasteiger partial charge in [-0.05, 0) is 61.8 Å². The Morgan fingerprint density at radius 1 is 1.00 bits per heavy atom. The third-order valence-corrected chi connectivity index (χ3v) is 7.29. The Bertz CT molecular complexity index is 1120. The summed E-state index contributed by atoms with van der Waals surface area (Å²) >= 11 is 12.1. The minimum atomic E-state index is -1.16. The lowest BCUT2D eigenvalue weighted by molar-refractivity contribution is -0.141. The largest absolute Gasteiger partial charge is 0.356 e. The van der Waals surface area contributed by atoms with Gasteiger partial charge in [0.1, 0.15) is 6.04 Å². The Labute approximate surface area is 225 Å². The highest BCUT2D eigenvalue weighted by molar-refractivity contribution is 6.38. The van der Waals surface area contributed by atoms with E-state index in [4.69, 9.17) is 23.2 Å². The Morgan fingerprint density at radius 2 is 1.76 bits per heavy atom. The van der Waals surface area contributed by atoms with E-state index in [9.17, 15) is 24.0 Å². The van der Waals surface area contributed by atoms with E-state index in [1.54, 1.807) is 18.2 Å². The molecule has 1 aromatic carbocycles. The molecule has 0 radical (unpaired) electrons. The first-order chi connectivity index (χ1) is 17.7. The molecule has 3 aliphatic rings. The molecular weight excluding hydrogens is 519 g/mol. The molecule has 11 heteroatoms. The molecule has 3 atom stereocenters. The zero-order valence-electron chi connectivity index (χ0n) is 20.2. The van der Waals surface area contributed by atoms with Crippen LogP contribution in [0.1, 0.15) is 50.5 Å². The standard InChI is InChI=1S/C26H30Cl2N4O5/c27-17-5-3-15(19(28)13-17)4-8-22(33)31-21(11-14-1-2-14)25(36)32-20(12-16-9-10-29-24(16)35)23(34)26(37)30-18-6-7-18/h3-5,8,13-14,16,18,20-21H,1-2,6-7,9-12H2,(H,29,35)(H,30,37)(H,31,33)(H,32,36)/b8-4+/t16-,20?,21-/m0/s1. The monoisotopic (exact) mass is 548 g/mol. The first kappa shape index (κ1) is 27.1. The van der Waals surface area contributed by atoms with E-state index in [-0.39, 0.29) is 18.4 Å². The van der Waals surface area contributed by atoms with E-state index in [1.807, 2.05) is 0 Å². The first-order valence-electron chi connectivity index (χ1n) is 12.6. The molecule has 37 heavy (non-hydrogen) atoms. The van der Waals surface area contributed by atoms with Crippen molar-refractivity contribution in [2.24, 2.45) is 11.8 Å². The number of carbonyl (C=O) groups is 5. The summed E-state index contributed by atoms with van der Waals surface area (Å²) in [6.45, 7) is 0.483. The molecule has 0 spiro atoms. The van der Waals surface area contributed by atoms with E-state index in [2.05, 4.69) is 21.3 Å². The van der Waals surface area contributed by atoms with Crippen LogP contribution in [0, 0.1) is 11.8 Å². The second kappa shape index (κ2) is 12.1. The maximum Gasteiger partial charge on any atom is 0.289 e. The molecule has 4 amide bonds. The Hall–Kier alpha value is -2.91. The minimum absolute atomic E-state index is 0.0214. The summed E-state index contributed by atoms with van der Waals surface area (Å²) in [5.74, 6) is -3.01. The van der Waals surface area contributed by atoms with Gasteiger partial charge in [0.2, 0.25) is 23.5 Å². The van der Waals surface area contributed by atoms with Gasteiger partial charge in [0.05, 0.1) is 6.04 Å². The van der Waals surface area contributed by atoms with Crippen molar-refractivity contribution >= 4 is 58.7 Å². The zero-order valence-corrected chi connectivity index (χ0v) is 21.7. The molecule has 1 aliphatic heterocycles. The molecule has 1 unspecified atom stereocenters. The van der Waals surface area contributed by atoms with Crippen LogP contribution in [0.5, 0.6) is 0 Å². The lowest BCUT2D eigenvalue weighted by atomic mass is 9.95. The molecule has 0 aromatic heterocycles. The number of hydrogen-bond acceptors (Lipinski definition) is 5. The first-order valence-corrected chi connectivity index (χ1v) is 13.3. The van der Waals surface area contributed by atoms with Crippen molar-refractivity contribution < 1.29 is 24.0 Å². The molecule has 1 heterocycles. The normalized spacial score (nSPS) is 20.7. The van der Waals surface area contributed by atoms with Crippen LogP contribution in [-0.2, 0) is 24.0 Å². The van der Waals surface area contributed by atoms with Crippen molar-refractivity contribution in [3.05, 3.63) is 39.9 Å². The third kappa shape index (κ3) is 8.04. The van der Waals surface area contributed by atoms with E-state index in [0.29, 0.717) is 40.9 Å². The number of rotatable bonds is 12. The number of benzene rings is 1. The average molecular weight is 549 g/mol. The van der Waals surface area contributed by atoms with Gasteiger partial charge in [0.25, 0.3) is 5.91 Å². The number of hydrogen-bond donors (Lipinski definition) is 4. The van der Waals surface area contributed by atoms with E-state index in [0.717, 1.165) is 25.7 Å². The molecule has 0 bridgehead atoms. The summed E-state index contributed by atoms with van der Waals surface area (Å²) in [5, 5.41) is 11.6.